The first kappa shape index (κ1) is 8.86. The van der Waals surface area contributed by atoms with Gasteiger partial charge in [-0.2, -0.15) is 0 Å². The molecule has 0 N–H and O–H groups in total. The van der Waals surface area contributed by atoms with E-state index in [2.05, 4.69) is 6.58 Å². The van der Waals surface area contributed by atoms with Crippen LogP contribution in [0.2, 0.25) is 0 Å². The molecule has 0 aromatic carbocycles. The normalized spacial score (nSPS) is 8.20. The predicted octanol–water partition coefficient (Wildman–Crippen LogP) is 1.30. The van der Waals surface area contributed by atoms with Gasteiger partial charge in [0.05, 0.1) is 5.57 Å². The standard InChI is InChI=1S/C8H10O2/c1-4-7(5-9)8(10)6(2)3/h2,4H2,1,3H3. The van der Waals surface area contributed by atoms with Crippen molar-refractivity contribution in [3.63, 3.8) is 0 Å². The third kappa shape index (κ3) is 2.00. The number of Topliss-reactive ketones (excluding diaryl/α,β-unsaturated/α-hetero) is 1. The Balaban J connectivity index is 4.49. The van der Waals surface area contributed by atoms with Gasteiger partial charge in [-0.3, -0.25) is 4.79 Å². The fourth-order valence-corrected chi connectivity index (χ4v) is 0.537. The maximum absolute atomic E-state index is 10.9. The minimum absolute atomic E-state index is 0.174. The van der Waals surface area contributed by atoms with Gasteiger partial charge in [0.15, 0.2) is 5.78 Å². The fourth-order valence-electron chi connectivity index (χ4n) is 0.537. The first-order valence-corrected chi connectivity index (χ1v) is 3.07. The maximum atomic E-state index is 10.9. The Morgan fingerprint density at radius 3 is 2.20 bits per heavy atom. The quantitative estimate of drug-likeness (QED) is 0.435. The van der Waals surface area contributed by atoms with Crippen LogP contribution in [0.4, 0.5) is 0 Å². The summed E-state index contributed by atoms with van der Waals surface area (Å²) in [5.41, 5.74) is 0.563. The van der Waals surface area contributed by atoms with E-state index < -0.39 is 0 Å². The van der Waals surface area contributed by atoms with Gasteiger partial charge in [-0.25, -0.2) is 4.79 Å². The van der Waals surface area contributed by atoms with Crippen LogP contribution in [-0.4, -0.2) is 11.7 Å². The Hall–Kier alpha value is -1.14. The zero-order valence-corrected chi connectivity index (χ0v) is 6.23. The highest BCUT2D eigenvalue weighted by Crippen LogP contribution is 2.03. The van der Waals surface area contributed by atoms with Gasteiger partial charge in [-0.05, 0) is 18.9 Å². The second-order valence-electron chi connectivity index (χ2n) is 2.04. The van der Waals surface area contributed by atoms with Crippen molar-refractivity contribution in [3.05, 3.63) is 17.7 Å². The molecule has 0 heterocycles. The lowest BCUT2D eigenvalue weighted by atomic mass is 10.1. The van der Waals surface area contributed by atoms with Crippen LogP contribution in [-0.2, 0) is 9.59 Å². The van der Waals surface area contributed by atoms with Gasteiger partial charge in [-0.1, -0.05) is 13.5 Å². The van der Waals surface area contributed by atoms with E-state index in [1.54, 1.807) is 19.8 Å². The highest BCUT2D eigenvalue weighted by atomic mass is 16.1. The van der Waals surface area contributed by atoms with E-state index in [0.717, 1.165) is 0 Å². The molecule has 0 radical (unpaired) electrons. The Labute approximate surface area is 60.2 Å². The molecule has 0 rings (SSSR count). The molecule has 2 nitrogen and oxygen atoms in total. The molecular formula is C8H10O2. The van der Waals surface area contributed by atoms with Crippen molar-refractivity contribution in [2.75, 3.05) is 0 Å². The van der Waals surface area contributed by atoms with Gasteiger partial charge in [-0.15, -0.1) is 0 Å². The maximum Gasteiger partial charge on any atom is 0.195 e. The predicted molar refractivity (Wildman–Crippen MR) is 39.3 cm³/mol. The molecule has 0 aromatic rings. The van der Waals surface area contributed by atoms with E-state index in [4.69, 9.17) is 0 Å². The lowest BCUT2D eigenvalue weighted by Crippen LogP contribution is -2.02. The largest absolute Gasteiger partial charge is 0.289 e. The van der Waals surface area contributed by atoms with Crippen molar-refractivity contribution in [1.29, 1.82) is 0 Å². The highest BCUT2D eigenvalue weighted by molar-refractivity contribution is 6.11. The Bertz CT molecular complexity index is 207. The molecule has 0 amide bonds. The lowest BCUT2D eigenvalue weighted by Gasteiger charge is -1.95. The summed E-state index contributed by atoms with van der Waals surface area (Å²) in [6.45, 7) is 6.74. The molecule has 0 unspecified atom stereocenters. The van der Waals surface area contributed by atoms with Crippen LogP contribution in [0.3, 0.4) is 0 Å². The molecule has 10 heavy (non-hydrogen) atoms. The molecule has 0 fully saturated rings. The van der Waals surface area contributed by atoms with Crippen molar-refractivity contribution in [3.8, 4) is 0 Å². The summed E-state index contributed by atoms with van der Waals surface area (Å²) >= 11 is 0. The summed E-state index contributed by atoms with van der Waals surface area (Å²) in [5, 5.41) is 0. The molecular weight excluding hydrogens is 128 g/mol. The minimum atomic E-state index is -0.280. The number of hydrogen-bond acceptors (Lipinski definition) is 2. The molecule has 0 saturated carbocycles. The van der Waals surface area contributed by atoms with Crippen molar-refractivity contribution in [2.45, 2.75) is 20.3 Å². The molecule has 54 valence electrons. The molecule has 0 aliphatic heterocycles. The lowest BCUT2D eigenvalue weighted by molar-refractivity contribution is -0.112. The van der Waals surface area contributed by atoms with Crippen LogP contribution in [0.5, 0.6) is 0 Å². The van der Waals surface area contributed by atoms with Crippen molar-refractivity contribution in [1.82, 2.24) is 0 Å². The summed E-state index contributed by atoms with van der Waals surface area (Å²) in [7, 11) is 0. The van der Waals surface area contributed by atoms with E-state index in [1.807, 2.05) is 0 Å². The van der Waals surface area contributed by atoms with Crippen molar-refractivity contribution >= 4 is 11.7 Å². The van der Waals surface area contributed by atoms with E-state index in [0.29, 0.717) is 12.0 Å². The molecule has 0 aromatic heterocycles. The van der Waals surface area contributed by atoms with E-state index in [9.17, 15) is 9.59 Å². The number of allylic oxidation sites excluding steroid dienone is 2. The molecule has 0 spiro atoms. The summed E-state index contributed by atoms with van der Waals surface area (Å²) < 4.78 is 0. The van der Waals surface area contributed by atoms with Crippen LogP contribution in [0.1, 0.15) is 20.3 Å². The van der Waals surface area contributed by atoms with Crippen LogP contribution in [0.25, 0.3) is 0 Å². The second kappa shape index (κ2) is 3.80. The molecule has 2 heteroatoms. The SMILES string of the molecule is C=C(C)C(=O)C(=C=O)CC. The van der Waals surface area contributed by atoms with E-state index in [-0.39, 0.29) is 11.4 Å². The van der Waals surface area contributed by atoms with Crippen molar-refractivity contribution < 1.29 is 9.59 Å². The minimum Gasteiger partial charge on any atom is -0.289 e. The molecule has 0 aliphatic rings. The summed E-state index contributed by atoms with van der Waals surface area (Å²) in [4.78, 5) is 21.0. The van der Waals surface area contributed by atoms with Crippen molar-refractivity contribution in [2.24, 2.45) is 0 Å². The number of carbonyl (C=O) groups excluding carboxylic acids is 2. The average Bonchev–Trinajstić information content (AvgIpc) is 1.90. The summed E-state index contributed by atoms with van der Waals surface area (Å²) in [6, 6.07) is 0. The average molecular weight is 138 g/mol. The third-order valence-electron chi connectivity index (χ3n) is 1.14. The van der Waals surface area contributed by atoms with Gasteiger partial charge in [0.25, 0.3) is 0 Å². The monoisotopic (exact) mass is 138 g/mol. The smallest absolute Gasteiger partial charge is 0.195 e. The van der Waals surface area contributed by atoms with Gasteiger partial charge >= 0.3 is 0 Å². The topological polar surface area (TPSA) is 34.1 Å². The Morgan fingerprint density at radius 2 is 2.10 bits per heavy atom. The Kier molecular flexibility index (Phi) is 3.37. The highest BCUT2D eigenvalue weighted by Gasteiger charge is 2.07. The summed E-state index contributed by atoms with van der Waals surface area (Å²) in [6.07, 6.45) is 0.426. The number of hydrogen-bond donors (Lipinski definition) is 0. The number of carbonyl (C=O) groups is 1. The van der Waals surface area contributed by atoms with Crippen LogP contribution >= 0.6 is 0 Å². The zero-order valence-electron chi connectivity index (χ0n) is 6.23. The molecule has 0 aliphatic carbocycles. The number of rotatable bonds is 3. The number of ketones is 1. The molecule has 0 atom stereocenters. The molecule has 0 bridgehead atoms. The van der Waals surface area contributed by atoms with Crippen LogP contribution < -0.4 is 0 Å². The van der Waals surface area contributed by atoms with Crippen LogP contribution in [0, 0.1) is 0 Å². The first-order valence-electron chi connectivity index (χ1n) is 3.07. The van der Waals surface area contributed by atoms with Gasteiger partial charge < -0.3 is 0 Å². The second-order valence-corrected chi connectivity index (χ2v) is 2.04. The zero-order chi connectivity index (χ0) is 8.15. The van der Waals surface area contributed by atoms with Gasteiger partial charge in [0.1, 0.15) is 5.94 Å². The van der Waals surface area contributed by atoms with Crippen LogP contribution in [0.15, 0.2) is 17.7 Å². The fraction of sp³-hybridized carbons (Fsp3) is 0.375. The first-order chi connectivity index (χ1) is 4.63. The summed E-state index contributed by atoms with van der Waals surface area (Å²) in [5.74, 6) is 1.31. The molecule has 0 saturated heterocycles. The third-order valence-corrected chi connectivity index (χ3v) is 1.14. The van der Waals surface area contributed by atoms with Gasteiger partial charge in [0, 0.05) is 0 Å². The Morgan fingerprint density at radius 1 is 1.60 bits per heavy atom. The van der Waals surface area contributed by atoms with Gasteiger partial charge in [0.2, 0.25) is 0 Å². The van der Waals surface area contributed by atoms with E-state index in [1.165, 1.54) is 0 Å². The van der Waals surface area contributed by atoms with E-state index >= 15 is 0 Å².